The van der Waals surface area contributed by atoms with Crippen LogP contribution in [0.15, 0.2) is 48.5 Å². The number of nitriles is 1. The van der Waals surface area contributed by atoms with Crippen molar-refractivity contribution in [3.63, 3.8) is 0 Å². The van der Waals surface area contributed by atoms with Gasteiger partial charge in [0.05, 0.1) is 23.8 Å². The number of aliphatic hydroxyl groups is 1. The summed E-state index contributed by atoms with van der Waals surface area (Å²) in [5.41, 5.74) is 3.00. The normalized spacial score (nSPS) is 19.1. The number of nitrogens with one attached hydrogen (secondary N) is 2. The topological polar surface area (TPSA) is 85.2 Å². The lowest BCUT2D eigenvalue weighted by atomic mass is 10.1. The first-order valence-electron chi connectivity index (χ1n) is 7.01. The Labute approximate surface area is 128 Å². The molecule has 22 heavy (non-hydrogen) atoms. The lowest BCUT2D eigenvalue weighted by molar-refractivity contribution is 0.144. The summed E-state index contributed by atoms with van der Waals surface area (Å²) in [4.78, 5) is 12.1. The van der Waals surface area contributed by atoms with Gasteiger partial charge in [0.25, 0.3) is 0 Å². The van der Waals surface area contributed by atoms with Gasteiger partial charge in [-0.2, -0.15) is 5.26 Å². The number of nitrogens with zero attached hydrogens (tertiary/aromatic N) is 1. The largest absolute Gasteiger partial charge is 0.390 e. The van der Waals surface area contributed by atoms with E-state index < -0.39 is 18.2 Å². The maximum Gasteiger partial charge on any atom is 0.319 e. The number of hydrogen-bond acceptors (Lipinski definition) is 3. The molecule has 0 radical (unpaired) electrons. The maximum atomic E-state index is 12.1. The van der Waals surface area contributed by atoms with Gasteiger partial charge in [-0.3, -0.25) is 0 Å². The Bertz CT molecular complexity index is 752. The maximum absolute atomic E-state index is 12.1. The Balaban J connectivity index is 1.71. The van der Waals surface area contributed by atoms with Gasteiger partial charge in [0.15, 0.2) is 0 Å². The summed E-state index contributed by atoms with van der Waals surface area (Å²) in [6.45, 7) is 0. The summed E-state index contributed by atoms with van der Waals surface area (Å²) < 4.78 is 0. The molecule has 0 heterocycles. The predicted octanol–water partition coefficient (Wildman–Crippen LogP) is 2.34. The summed E-state index contributed by atoms with van der Waals surface area (Å²) in [6, 6.07) is 15.5. The van der Waals surface area contributed by atoms with Gasteiger partial charge in [-0.15, -0.1) is 0 Å². The molecule has 0 unspecified atom stereocenters. The van der Waals surface area contributed by atoms with Gasteiger partial charge in [0, 0.05) is 12.1 Å². The number of rotatable bonds is 2. The molecule has 0 bridgehead atoms. The zero-order valence-corrected chi connectivity index (χ0v) is 11.8. The molecule has 1 aliphatic rings. The molecule has 5 nitrogen and oxygen atoms in total. The minimum absolute atomic E-state index is 0.407. The van der Waals surface area contributed by atoms with E-state index in [0.717, 1.165) is 11.1 Å². The van der Waals surface area contributed by atoms with E-state index in [0.29, 0.717) is 17.7 Å². The van der Waals surface area contributed by atoms with Crippen LogP contribution >= 0.6 is 0 Å². The van der Waals surface area contributed by atoms with E-state index in [1.54, 1.807) is 24.3 Å². The van der Waals surface area contributed by atoms with Gasteiger partial charge in [0.2, 0.25) is 0 Å². The van der Waals surface area contributed by atoms with Crippen LogP contribution in [0.3, 0.4) is 0 Å². The van der Waals surface area contributed by atoms with Crippen molar-refractivity contribution in [3.8, 4) is 6.07 Å². The molecule has 110 valence electrons. The predicted molar refractivity (Wildman–Crippen MR) is 82.2 cm³/mol. The highest BCUT2D eigenvalue weighted by Crippen LogP contribution is 2.31. The third-order valence-corrected chi connectivity index (χ3v) is 3.74. The second-order valence-corrected chi connectivity index (χ2v) is 5.24. The van der Waals surface area contributed by atoms with Gasteiger partial charge >= 0.3 is 6.03 Å². The Morgan fingerprint density at radius 3 is 2.86 bits per heavy atom. The Morgan fingerprint density at radius 2 is 2.05 bits per heavy atom. The van der Waals surface area contributed by atoms with Gasteiger partial charge in [0.1, 0.15) is 0 Å². The summed E-state index contributed by atoms with van der Waals surface area (Å²) in [5.74, 6) is 0. The number of benzene rings is 2. The number of fused-ring (bicyclic) bond motifs is 1. The molecule has 0 aromatic heterocycles. The van der Waals surface area contributed by atoms with Crippen molar-refractivity contribution >= 4 is 11.7 Å². The van der Waals surface area contributed by atoms with Crippen molar-refractivity contribution in [2.24, 2.45) is 0 Å². The molecule has 1 aliphatic carbocycles. The average Bonchev–Trinajstić information content (AvgIpc) is 2.83. The van der Waals surface area contributed by atoms with Crippen molar-refractivity contribution in [2.45, 2.75) is 18.6 Å². The number of anilines is 1. The molecule has 2 aromatic rings. The van der Waals surface area contributed by atoms with Crippen LogP contribution in [-0.2, 0) is 6.42 Å². The molecule has 2 amide bonds. The number of amides is 2. The van der Waals surface area contributed by atoms with Crippen LogP contribution < -0.4 is 10.6 Å². The highest BCUT2D eigenvalue weighted by atomic mass is 16.3. The first-order valence-corrected chi connectivity index (χ1v) is 7.01. The third kappa shape index (κ3) is 2.78. The fourth-order valence-electron chi connectivity index (χ4n) is 2.72. The van der Waals surface area contributed by atoms with Crippen LogP contribution in [0.25, 0.3) is 0 Å². The number of carbonyl (C=O) groups is 1. The molecular weight excluding hydrogens is 278 g/mol. The van der Waals surface area contributed by atoms with Crippen LogP contribution in [0.2, 0.25) is 0 Å². The first kappa shape index (κ1) is 14.1. The molecule has 0 aliphatic heterocycles. The molecule has 0 saturated carbocycles. The number of carbonyl (C=O) groups excluding carboxylic acids is 1. The van der Waals surface area contributed by atoms with E-state index in [4.69, 9.17) is 5.26 Å². The fourth-order valence-corrected chi connectivity index (χ4v) is 2.72. The smallest absolute Gasteiger partial charge is 0.319 e. The zero-order chi connectivity index (χ0) is 15.5. The van der Waals surface area contributed by atoms with E-state index in [-0.39, 0.29) is 0 Å². The van der Waals surface area contributed by atoms with E-state index in [1.807, 2.05) is 30.3 Å². The second-order valence-electron chi connectivity index (χ2n) is 5.24. The standard InChI is InChI=1S/C17H15N3O2/c18-10-11-4-3-6-13(8-11)19-17(22)20-16-14-7-2-1-5-12(14)9-15(16)21/h1-8,15-16,21H,9H2,(H2,19,20,22)/t15-,16+/m0/s1. The quantitative estimate of drug-likeness (QED) is 0.794. The SMILES string of the molecule is N#Cc1cccc(NC(=O)N[C@@H]2c3ccccc3C[C@@H]2O)c1. The highest BCUT2D eigenvalue weighted by molar-refractivity contribution is 5.89. The molecule has 5 heteroatoms. The Hall–Kier alpha value is -2.84. The van der Waals surface area contributed by atoms with Crippen LogP contribution in [0, 0.1) is 11.3 Å². The molecule has 0 saturated heterocycles. The van der Waals surface area contributed by atoms with Crippen molar-refractivity contribution in [3.05, 3.63) is 65.2 Å². The number of urea groups is 1. The second kappa shape index (κ2) is 5.88. The van der Waals surface area contributed by atoms with Gasteiger partial charge in [-0.05, 0) is 29.3 Å². The van der Waals surface area contributed by atoms with E-state index in [9.17, 15) is 9.90 Å². The van der Waals surface area contributed by atoms with E-state index >= 15 is 0 Å². The lowest BCUT2D eigenvalue weighted by Crippen LogP contribution is -2.36. The van der Waals surface area contributed by atoms with Gasteiger partial charge < -0.3 is 15.7 Å². The highest BCUT2D eigenvalue weighted by Gasteiger charge is 2.31. The van der Waals surface area contributed by atoms with E-state index in [1.165, 1.54) is 0 Å². The minimum atomic E-state index is -0.631. The van der Waals surface area contributed by atoms with Crippen LogP contribution in [0.4, 0.5) is 10.5 Å². The van der Waals surface area contributed by atoms with Crippen molar-refractivity contribution in [1.82, 2.24) is 5.32 Å². The van der Waals surface area contributed by atoms with Gasteiger partial charge in [-0.25, -0.2) is 4.79 Å². The molecule has 3 rings (SSSR count). The summed E-state index contributed by atoms with van der Waals surface area (Å²) in [6.07, 6.45) is -0.0982. The van der Waals surface area contributed by atoms with Crippen LogP contribution in [-0.4, -0.2) is 17.2 Å². The monoisotopic (exact) mass is 293 g/mol. The lowest BCUT2D eigenvalue weighted by Gasteiger charge is -2.18. The van der Waals surface area contributed by atoms with Gasteiger partial charge in [-0.1, -0.05) is 30.3 Å². The van der Waals surface area contributed by atoms with Crippen molar-refractivity contribution in [2.75, 3.05) is 5.32 Å². The molecule has 2 atom stereocenters. The average molecular weight is 293 g/mol. The van der Waals surface area contributed by atoms with Crippen LogP contribution in [0.1, 0.15) is 22.7 Å². The summed E-state index contributed by atoms with van der Waals surface area (Å²) >= 11 is 0. The van der Waals surface area contributed by atoms with E-state index in [2.05, 4.69) is 10.6 Å². The molecule has 0 spiro atoms. The van der Waals surface area contributed by atoms with Crippen LogP contribution in [0.5, 0.6) is 0 Å². The summed E-state index contributed by atoms with van der Waals surface area (Å²) in [5, 5.41) is 24.5. The molecule has 0 fully saturated rings. The van der Waals surface area contributed by atoms with Crippen molar-refractivity contribution in [1.29, 1.82) is 5.26 Å². The third-order valence-electron chi connectivity index (χ3n) is 3.74. The summed E-state index contributed by atoms with van der Waals surface area (Å²) in [7, 11) is 0. The molecule has 3 N–H and O–H groups in total. The number of hydrogen-bond donors (Lipinski definition) is 3. The van der Waals surface area contributed by atoms with Crippen molar-refractivity contribution < 1.29 is 9.90 Å². The fraction of sp³-hybridized carbons (Fsp3) is 0.176. The minimum Gasteiger partial charge on any atom is -0.390 e. The first-order chi connectivity index (χ1) is 10.7. The zero-order valence-electron chi connectivity index (χ0n) is 11.8. The molecule has 2 aromatic carbocycles. The Morgan fingerprint density at radius 1 is 1.23 bits per heavy atom. The molecular formula is C17H15N3O2. The Kier molecular flexibility index (Phi) is 3.77. The number of aliphatic hydroxyl groups excluding tert-OH is 1.